The number of ether oxygens (including phenoxy) is 3. The Bertz CT molecular complexity index is 641. The highest BCUT2D eigenvalue weighted by Crippen LogP contribution is 2.24. The summed E-state index contributed by atoms with van der Waals surface area (Å²) in [4.78, 5) is 39.0. The van der Waals surface area contributed by atoms with E-state index in [0.29, 0.717) is 4.90 Å². The van der Waals surface area contributed by atoms with Gasteiger partial charge in [-0.3, -0.25) is 0 Å². The Hall–Kier alpha value is -2.58. The van der Waals surface area contributed by atoms with Crippen molar-refractivity contribution in [1.82, 2.24) is 4.98 Å². The van der Waals surface area contributed by atoms with Crippen LogP contribution < -0.4 is 4.90 Å². The van der Waals surface area contributed by atoms with Gasteiger partial charge in [-0.05, 0) is 41.5 Å². The summed E-state index contributed by atoms with van der Waals surface area (Å²) in [7, 11) is 1.11. The molecule has 1 aromatic rings. The highest BCUT2D eigenvalue weighted by Gasteiger charge is 2.36. The van der Waals surface area contributed by atoms with Gasteiger partial charge in [0.1, 0.15) is 16.9 Å². The molecule has 140 valence electrons. The average Bonchev–Trinajstić information content (AvgIpc) is 2.76. The van der Waals surface area contributed by atoms with E-state index in [2.05, 4.69) is 9.72 Å². The van der Waals surface area contributed by atoms with Gasteiger partial charge in [0.25, 0.3) is 0 Å². The Kier molecular flexibility index (Phi) is 5.83. The highest BCUT2D eigenvalue weighted by atomic mass is 19.1. The van der Waals surface area contributed by atoms with E-state index in [9.17, 15) is 18.8 Å². The molecule has 1 N–H and O–H groups in total. The normalized spacial score (nSPS) is 11.7. The number of aromatic nitrogens is 1. The second-order valence-corrected chi connectivity index (χ2v) is 7.17. The fraction of sp³-hybridized carbons (Fsp3) is 0.562. The molecule has 0 fully saturated rings. The molecule has 8 nitrogen and oxygen atoms in total. The van der Waals surface area contributed by atoms with Crippen LogP contribution in [0.15, 0.2) is 6.07 Å². The molecule has 0 atom stereocenters. The van der Waals surface area contributed by atoms with Gasteiger partial charge in [0.2, 0.25) is 0 Å². The van der Waals surface area contributed by atoms with Crippen molar-refractivity contribution in [2.45, 2.75) is 52.7 Å². The lowest BCUT2D eigenvalue weighted by Gasteiger charge is -2.27. The van der Waals surface area contributed by atoms with Gasteiger partial charge in [-0.15, -0.1) is 0 Å². The largest absolute Gasteiger partial charge is 0.464 e. The van der Waals surface area contributed by atoms with Gasteiger partial charge >= 0.3 is 18.2 Å². The molecule has 0 bridgehead atoms. The van der Waals surface area contributed by atoms with Gasteiger partial charge in [-0.25, -0.2) is 18.8 Å². The third-order valence-corrected chi connectivity index (χ3v) is 2.53. The number of carbonyl (C=O) groups excluding carboxylic acids is 3. The molecule has 2 amide bonds. The van der Waals surface area contributed by atoms with Crippen LogP contribution in [-0.4, -0.2) is 41.5 Å². The minimum Gasteiger partial charge on any atom is -0.464 e. The van der Waals surface area contributed by atoms with Crippen LogP contribution >= 0.6 is 0 Å². The number of aromatic amines is 1. The summed E-state index contributed by atoms with van der Waals surface area (Å²) in [5.41, 5.74) is -2.15. The fourth-order valence-corrected chi connectivity index (χ4v) is 1.67. The number of imide groups is 1. The van der Waals surface area contributed by atoms with Gasteiger partial charge in [0.05, 0.1) is 7.11 Å². The summed E-state index contributed by atoms with van der Waals surface area (Å²) in [6.07, 6.45) is -2.31. The number of hydrogen-bond acceptors (Lipinski definition) is 6. The van der Waals surface area contributed by atoms with Crippen LogP contribution in [0, 0.1) is 5.82 Å². The van der Waals surface area contributed by atoms with E-state index in [1.54, 1.807) is 41.5 Å². The zero-order valence-electron chi connectivity index (χ0n) is 15.4. The zero-order chi connectivity index (χ0) is 19.6. The van der Waals surface area contributed by atoms with E-state index in [4.69, 9.17) is 9.47 Å². The topological polar surface area (TPSA) is 97.9 Å². The lowest BCUT2D eigenvalue weighted by atomic mass is 10.2. The second kappa shape index (κ2) is 7.12. The molecular weight excluding hydrogens is 335 g/mol. The Balaban J connectivity index is 3.31. The minimum atomic E-state index is -1.15. The van der Waals surface area contributed by atoms with E-state index in [1.165, 1.54) is 0 Å². The molecule has 0 aromatic carbocycles. The molecule has 25 heavy (non-hydrogen) atoms. The summed E-state index contributed by atoms with van der Waals surface area (Å²) < 4.78 is 29.0. The summed E-state index contributed by atoms with van der Waals surface area (Å²) >= 11 is 0. The van der Waals surface area contributed by atoms with Crippen molar-refractivity contribution in [2.24, 2.45) is 0 Å². The first-order valence-corrected chi connectivity index (χ1v) is 7.48. The first-order chi connectivity index (χ1) is 11.2. The van der Waals surface area contributed by atoms with Crippen LogP contribution in [0.3, 0.4) is 0 Å². The van der Waals surface area contributed by atoms with Crippen molar-refractivity contribution in [3.05, 3.63) is 17.6 Å². The molecule has 0 aliphatic rings. The molecule has 0 unspecified atom stereocenters. The van der Waals surface area contributed by atoms with Gasteiger partial charge < -0.3 is 19.2 Å². The molecule has 1 heterocycles. The smallest absolute Gasteiger partial charge is 0.425 e. The number of esters is 1. The van der Waals surface area contributed by atoms with Crippen LogP contribution in [0.25, 0.3) is 0 Å². The first-order valence-electron chi connectivity index (χ1n) is 7.48. The van der Waals surface area contributed by atoms with E-state index in [0.717, 1.165) is 13.2 Å². The van der Waals surface area contributed by atoms with Gasteiger partial charge in [0.15, 0.2) is 11.6 Å². The number of halogens is 1. The quantitative estimate of drug-likeness (QED) is 0.640. The van der Waals surface area contributed by atoms with Crippen LogP contribution in [-0.2, 0) is 14.2 Å². The van der Waals surface area contributed by atoms with E-state index in [-0.39, 0.29) is 5.69 Å². The summed E-state index contributed by atoms with van der Waals surface area (Å²) in [5, 5.41) is 0. The minimum absolute atomic E-state index is 0.271. The maximum Gasteiger partial charge on any atom is 0.425 e. The van der Waals surface area contributed by atoms with Crippen molar-refractivity contribution in [2.75, 3.05) is 12.0 Å². The fourth-order valence-electron chi connectivity index (χ4n) is 1.67. The number of methoxy groups -OCH3 is 1. The van der Waals surface area contributed by atoms with Crippen LogP contribution in [0.1, 0.15) is 52.0 Å². The van der Waals surface area contributed by atoms with Crippen molar-refractivity contribution in [1.29, 1.82) is 0 Å². The predicted octanol–water partition coefficient (Wildman–Crippen LogP) is 3.62. The highest BCUT2D eigenvalue weighted by molar-refractivity contribution is 6.09. The second-order valence-electron chi connectivity index (χ2n) is 7.17. The molecule has 9 heteroatoms. The number of nitrogens with one attached hydrogen (secondary N) is 1. The SMILES string of the molecule is COC(=O)c1cc(F)c(N(C(=O)OC(C)(C)C)C(=O)OC(C)(C)C)[nH]1. The third kappa shape index (κ3) is 5.77. The molecule has 1 rings (SSSR count). The third-order valence-electron chi connectivity index (χ3n) is 2.53. The van der Waals surface area contributed by atoms with Crippen molar-refractivity contribution in [3.8, 4) is 0 Å². The number of nitrogens with zero attached hydrogens (tertiary/aromatic N) is 1. The van der Waals surface area contributed by atoms with E-state index < -0.39 is 41.0 Å². The van der Waals surface area contributed by atoms with Gasteiger partial charge in [-0.2, -0.15) is 4.90 Å². The van der Waals surface area contributed by atoms with Gasteiger partial charge in [-0.1, -0.05) is 0 Å². The maximum atomic E-state index is 14.2. The zero-order valence-corrected chi connectivity index (χ0v) is 15.4. The molecule has 0 aliphatic heterocycles. The monoisotopic (exact) mass is 358 g/mol. The predicted molar refractivity (Wildman–Crippen MR) is 87.0 cm³/mol. The molecule has 0 radical (unpaired) electrons. The van der Waals surface area contributed by atoms with Crippen molar-refractivity contribution < 1.29 is 33.0 Å². The number of amides is 2. The van der Waals surface area contributed by atoms with E-state index in [1.807, 2.05) is 0 Å². The lowest BCUT2D eigenvalue weighted by molar-refractivity contribution is 0.0425. The Labute approximate surface area is 145 Å². The standard InChI is InChI=1S/C16H23FN2O6/c1-15(2,3)24-13(21)19(14(22)25-16(4,5)6)11-9(17)8-10(18-11)12(20)23-7/h8,18H,1-7H3. The molecule has 0 spiro atoms. The van der Waals surface area contributed by atoms with E-state index >= 15 is 0 Å². The molecule has 1 aromatic heterocycles. The van der Waals surface area contributed by atoms with Crippen LogP contribution in [0.4, 0.5) is 19.8 Å². The first kappa shape index (κ1) is 20.5. The van der Waals surface area contributed by atoms with Gasteiger partial charge in [0, 0.05) is 6.07 Å². The molecular formula is C16H23FN2O6. The van der Waals surface area contributed by atoms with Crippen LogP contribution in [0.5, 0.6) is 0 Å². The molecule has 0 saturated heterocycles. The number of H-pyrrole nitrogens is 1. The van der Waals surface area contributed by atoms with Crippen molar-refractivity contribution in [3.63, 3.8) is 0 Å². The lowest BCUT2D eigenvalue weighted by Crippen LogP contribution is -2.44. The average molecular weight is 358 g/mol. The Morgan fingerprint density at radius 1 is 1.00 bits per heavy atom. The number of carbonyl (C=O) groups is 3. The molecule has 0 saturated carbocycles. The summed E-state index contributed by atoms with van der Waals surface area (Å²) in [6, 6.07) is 0.808. The van der Waals surface area contributed by atoms with Crippen LogP contribution in [0.2, 0.25) is 0 Å². The number of rotatable bonds is 2. The number of hydrogen-bond donors (Lipinski definition) is 1. The maximum absolute atomic E-state index is 14.2. The summed E-state index contributed by atoms with van der Waals surface area (Å²) in [6.45, 7) is 9.52. The Morgan fingerprint density at radius 2 is 1.44 bits per heavy atom. The number of anilines is 1. The van der Waals surface area contributed by atoms with Crippen molar-refractivity contribution >= 4 is 24.0 Å². The molecule has 0 aliphatic carbocycles. The summed E-state index contributed by atoms with van der Waals surface area (Å²) in [5.74, 6) is -2.46. The Morgan fingerprint density at radius 3 is 1.80 bits per heavy atom.